The second kappa shape index (κ2) is 8.67. The van der Waals surface area contributed by atoms with Gasteiger partial charge in [0.25, 0.3) is 0 Å². The molecule has 0 bridgehead atoms. The van der Waals surface area contributed by atoms with Crippen molar-refractivity contribution in [3.05, 3.63) is 59.4 Å². The standard InChI is InChI=1S/C18H20N2O4/c1-23-17(21)14-11-15(18(22)24-2)20-12-16(14)19-10-6-9-13-7-4-3-5-8-13/h3-5,7-8,11-12,19H,6,9-10H2,1-2H3. The van der Waals surface area contributed by atoms with Crippen LogP contribution in [0.15, 0.2) is 42.6 Å². The van der Waals surface area contributed by atoms with Gasteiger partial charge in [0.05, 0.1) is 31.7 Å². The van der Waals surface area contributed by atoms with E-state index >= 15 is 0 Å². The summed E-state index contributed by atoms with van der Waals surface area (Å²) in [6.07, 6.45) is 3.26. The first-order valence-electron chi connectivity index (χ1n) is 7.60. The number of aryl methyl sites for hydroxylation is 1. The quantitative estimate of drug-likeness (QED) is 0.622. The van der Waals surface area contributed by atoms with E-state index in [2.05, 4.69) is 27.2 Å². The Hall–Kier alpha value is -2.89. The van der Waals surface area contributed by atoms with E-state index in [0.717, 1.165) is 12.8 Å². The van der Waals surface area contributed by atoms with Crippen LogP contribution in [0.25, 0.3) is 0 Å². The summed E-state index contributed by atoms with van der Waals surface area (Å²) in [5.74, 6) is -1.14. The van der Waals surface area contributed by atoms with Crippen LogP contribution in [-0.2, 0) is 15.9 Å². The van der Waals surface area contributed by atoms with Crippen LogP contribution in [0.2, 0.25) is 0 Å². The van der Waals surface area contributed by atoms with E-state index in [1.807, 2.05) is 18.2 Å². The van der Waals surface area contributed by atoms with E-state index in [4.69, 9.17) is 4.74 Å². The average molecular weight is 328 g/mol. The minimum atomic E-state index is -0.601. The number of aromatic nitrogens is 1. The van der Waals surface area contributed by atoms with Crippen LogP contribution in [0.3, 0.4) is 0 Å². The molecule has 0 aliphatic carbocycles. The number of methoxy groups -OCH3 is 2. The van der Waals surface area contributed by atoms with Gasteiger partial charge in [-0.3, -0.25) is 0 Å². The lowest BCUT2D eigenvalue weighted by Crippen LogP contribution is -2.13. The number of nitrogens with zero attached hydrogens (tertiary/aromatic N) is 1. The van der Waals surface area contributed by atoms with Crippen molar-refractivity contribution in [1.29, 1.82) is 0 Å². The van der Waals surface area contributed by atoms with Crippen LogP contribution >= 0.6 is 0 Å². The van der Waals surface area contributed by atoms with Crippen molar-refractivity contribution < 1.29 is 19.1 Å². The largest absolute Gasteiger partial charge is 0.465 e. The molecular formula is C18H20N2O4. The van der Waals surface area contributed by atoms with Crippen molar-refractivity contribution in [1.82, 2.24) is 4.98 Å². The smallest absolute Gasteiger partial charge is 0.356 e. The van der Waals surface area contributed by atoms with Gasteiger partial charge >= 0.3 is 11.9 Å². The molecule has 0 spiro atoms. The first kappa shape index (κ1) is 17.5. The number of nitrogens with one attached hydrogen (secondary N) is 1. The summed E-state index contributed by atoms with van der Waals surface area (Å²) in [5, 5.41) is 3.17. The van der Waals surface area contributed by atoms with Crippen molar-refractivity contribution in [2.75, 3.05) is 26.1 Å². The molecule has 24 heavy (non-hydrogen) atoms. The lowest BCUT2D eigenvalue weighted by Gasteiger charge is -2.11. The van der Waals surface area contributed by atoms with Gasteiger partial charge in [0.15, 0.2) is 0 Å². The number of anilines is 1. The number of ether oxygens (including phenoxy) is 2. The Kier molecular flexibility index (Phi) is 6.31. The highest BCUT2D eigenvalue weighted by molar-refractivity contribution is 5.98. The molecule has 0 aliphatic rings. The highest BCUT2D eigenvalue weighted by Gasteiger charge is 2.17. The summed E-state index contributed by atoms with van der Waals surface area (Å²) in [4.78, 5) is 27.5. The zero-order valence-electron chi connectivity index (χ0n) is 13.7. The topological polar surface area (TPSA) is 77.5 Å². The zero-order chi connectivity index (χ0) is 17.4. The molecule has 0 aliphatic heterocycles. The summed E-state index contributed by atoms with van der Waals surface area (Å²) >= 11 is 0. The minimum Gasteiger partial charge on any atom is -0.465 e. The zero-order valence-corrected chi connectivity index (χ0v) is 13.7. The van der Waals surface area contributed by atoms with Gasteiger partial charge in [0.1, 0.15) is 5.69 Å². The molecule has 6 heteroatoms. The number of esters is 2. The highest BCUT2D eigenvalue weighted by Crippen LogP contribution is 2.17. The molecule has 1 aromatic heterocycles. The first-order chi connectivity index (χ1) is 11.7. The van der Waals surface area contributed by atoms with Crippen molar-refractivity contribution in [2.24, 2.45) is 0 Å². The third-order valence-electron chi connectivity index (χ3n) is 3.50. The van der Waals surface area contributed by atoms with Crippen molar-refractivity contribution in [3.63, 3.8) is 0 Å². The summed E-state index contributed by atoms with van der Waals surface area (Å²) in [6.45, 7) is 0.665. The van der Waals surface area contributed by atoms with Crippen LogP contribution in [0.4, 0.5) is 5.69 Å². The predicted octanol–water partition coefficient (Wildman–Crippen LogP) is 2.70. The second-order valence-electron chi connectivity index (χ2n) is 5.11. The molecule has 0 amide bonds. The maximum Gasteiger partial charge on any atom is 0.356 e. The molecule has 2 rings (SSSR count). The van der Waals surface area contributed by atoms with E-state index in [-0.39, 0.29) is 11.3 Å². The molecule has 126 valence electrons. The van der Waals surface area contributed by atoms with Crippen LogP contribution in [0, 0.1) is 0 Å². The molecule has 0 unspecified atom stereocenters. The van der Waals surface area contributed by atoms with Gasteiger partial charge < -0.3 is 14.8 Å². The van der Waals surface area contributed by atoms with Crippen LogP contribution in [-0.4, -0.2) is 37.7 Å². The van der Waals surface area contributed by atoms with Gasteiger partial charge in [0.2, 0.25) is 0 Å². The van der Waals surface area contributed by atoms with Crippen molar-refractivity contribution in [3.8, 4) is 0 Å². The molecule has 0 atom stereocenters. The summed E-state index contributed by atoms with van der Waals surface area (Å²) in [7, 11) is 2.55. The number of carbonyl (C=O) groups is 2. The van der Waals surface area contributed by atoms with Crippen molar-refractivity contribution >= 4 is 17.6 Å². The SMILES string of the molecule is COC(=O)c1cc(C(=O)OC)c(NCCCc2ccccc2)cn1. The normalized spacial score (nSPS) is 10.1. The average Bonchev–Trinajstić information content (AvgIpc) is 2.64. The van der Waals surface area contributed by atoms with Crippen LogP contribution in [0.1, 0.15) is 32.8 Å². The number of carbonyl (C=O) groups excluding carboxylic acids is 2. The molecule has 0 saturated heterocycles. The molecule has 1 N–H and O–H groups in total. The van der Waals surface area contributed by atoms with Gasteiger partial charge in [0, 0.05) is 6.54 Å². The lowest BCUT2D eigenvalue weighted by molar-refractivity contribution is 0.0593. The Morgan fingerprint density at radius 2 is 1.79 bits per heavy atom. The third-order valence-corrected chi connectivity index (χ3v) is 3.50. The molecule has 1 aromatic carbocycles. The summed E-state index contributed by atoms with van der Waals surface area (Å²) in [5.41, 5.74) is 2.11. The van der Waals surface area contributed by atoms with Crippen LogP contribution in [0.5, 0.6) is 0 Å². The fourth-order valence-electron chi connectivity index (χ4n) is 2.25. The Morgan fingerprint density at radius 3 is 2.46 bits per heavy atom. The minimum absolute atomic E-state index is 0.0627. The van der Waals surface area contributed by atoms with E-state index in [0.29, 0.717) is 12.2 Å². The van der Waals surface area contributed by atoms with Crippen molar-refractivity contribution in [2.45, 2.75) is 12.8 Å². The highest BCUT2D eigenvalue weighted by atomic mass is 16.5. The molecule has 2 aromatic rings. The first-order valence-corrected chi connectivity index (χ1v) is 7.60. The van der Waals surface area contributed by atoms with Gasteiger partial charge in [-0.1, -0.05) is 30.3 Å². The number of hydrogen-bond donors (Lipinski definition) is 1. The van der Waals surface area contributed by atoms with E-state index < -0.39 is 11.9 Å². The number of benzene rings is 1. The Morgan fingerprint density at radius 1 is 1.08 bits per heavy atom. The Bertz CT molecular complexity index is 701. The van der Waals surface area contributed by atoms with Gasteiger partial charge in [-0.05, 0) is 24.5 Å². The van der Waals surface area contributed by atoms with Gasteiger partial charge in [-0.15, -0.1) is 0 Å². The molecule has 1 heterocycles. The van der Waals surface area contributed by atoms with Gasteiger partial charge in [-0.2, -0.15) is 0 Å². The number of rotatable bonds is 7. The predicted molar refractivity (Wildman–Crippen MR) is 90.2 cm³/mol. The molecule has 0 radical (unpaired) electrons. The maximum absolute atomic E-state index is 11.9. The van der Waals surface area contributed by atoms with Crippen LogP contribution < -0.4 is 5.32 Å². The lowest BCUT2D eigenvalue weighted by atomic mass is 10.1. The fraction of sp³-hybridized carbons (Fsp3) is 0.278. The van der Waals surface area contributed by atoms with E-state index in [1.54, 1.807) is 0 Å². The maximum atomic E-state index is 11.9. The monoisotopic (exact) mass is 328 g/mol. The molecule has 6 nitrogen and oxygen atoms in total. The van der Waals surface area contributed by atoms with E-state index in [1.165, 1.54) is 32.0 Å². The third kappa shape index (κ3) is 4.55. The Balaban J connectivity index is 2.03. The number of pyridine rings is 1. The summed E-state index contributed by atoms with van der Waals surface area (Å²) in [6, 6.07) is 11.5. The fourth-order valence-corrected chi connectivity index (χ4v) is 2.25. The summed E-state index contributed by atoms with van der Waals surface area (Å²) < 4.78 is 9.38. The molecule has 0 fully saturated rings. The number of hydrogen-bond acceptors (Lipinski definition) is 6. The Labute approximate surface area is 140 Å². The molecule has 0 saturated carbocycles. The van der Waals surface area contributed by atoms with E-state index in [9.17, 15) is 9.59 Å². The molecular weight excluding hydrogens is 308 g/mol. The second-order valence-corrected chi connectivity index (χ2v) is 5.11. The van der Waals surface area contributed by atoms with Gasteiger partial charge in [-0.25, -0.2) is 14.6 Å².